The van der Waals surface area contributed by atoms with Crippen LogP contribution in [0.5, 0.6) is 0 Å². The van der Waals surface area contributed by atoms with Gasteiger partial charge in [-0.2, -0.15) is 0 Å². The molecule has 3 rings (SSSR count). The summed E-state index contributed by atoms with van der Waals surface area (Å²) in [5, 5.41) is 28.2. The molecular formula is C19H21NO4. The molecule has 2 unspecified atom stereocenters. The zero-order chi connectivity index (χ0) is 17.1. The van der Waals surface area contributed by atoms with E-state index in [1.54, 1.807) is 24.3 Å². The average molecular weight is 327 g/mol. The van der Waals surface area contributed by atoms with E-state index in [9.17, 15) is 15.0 Å². The molecule has 2 aromatic rings. The van der Waals surface area contributed by atoms with E-state index >= 15 is 0 Å². The second-order valence-electron chi connectivity index (χ2n) is 6.24. The van der Waals surface area contributed by atoms with Crippen LogP contribution >= 0.6 is 0 Å². The van der Waals surface area contributed by atoms with Crippen molar-refractivity contribution in [2.75, 3.05) is 13.1 Å². The summed E-state index contributed by atoms with van der Waals surface area (Å²) in [4.78, 5) is 13.0. The van der Waals surface area contributed by atoms with Gasteiger partial charge in [0.15, 0.2) is 0 Å². The Morgan fingerprint density at radius 3 is 2.08 bits per heavy atom. The van der Waals surface area contributed by atoms with Crippen LogP contribution in [0, 0.1) is 0 Å². The molecule has 2 atom stereocenters. The highest BCUT2D eigenvalue weighted by Crippen LogP contribution is 2.22. The van der Waals surface area contributed by atoms with E-state index in [4.69, 9.17) is 5.11 Å². The van der Waals surface area contributed by atoms with E-state index in [0.717, 1.165) is 29.8 Å². The second kappa shape index (κ2) is 7.13. The lowest BCUT2D eigenvalue weighted by molar-refractivity contribution is -0.0403. The first-order valence-electron chi connectivity index (χ1n) is 8.04. The molecule has 1 aliphatic rings. The Hall–Kier alpha value is -2.21. The fourth-order valence-corrected chi connectivity index (χ4v) is 2.99. The van der Waals surface area contributed by atoms with Crippen molar-refractivity contribution in [1.29, 1.82) is 0 Å². The number of carboxylic acids is 1. The quantitative estimate of drug-likeness (QED) is 0.800. The minimum Gasteiger partial charge on any atom is -0.478 e. The molecule has 2 aromatic carbocycles. The van der Waals surface area contributed by atoms with Gasteiger partial charge in [0.1, 0.15) is 0 Å². The van der Waals surface area contributed by atoms with E-state index in [0.29, 0.717) is 13.0 Å². The Balaban J connectivity index is 1.66. The summed E-state index contributed by atoms with van der Waals surface area (Å²) < 4.78 is 0. The Kier molecular flexibility index (Phi) is 4.94. The molecule has 0 radical (unpaired) electrons. The molecule has 0 aromatic heterocycles. The highest BCUT2D eigenvalue weighted by Gasteiger charge is 2.25. The van der Waals surface area contributed by atoms with Crippen molar-refractivity contribution in [2.24, 2.45) is 0 Å². The zero-order valence-electron chi connectivity index (χ0n) is 13.3. The number of likely N-dealkylation sites (tertiary alicyclic amines) is 1. The summed E-state index contributed by atoms with van der Waals surface area (Å²) in [5.41, 5.74) is 3.43. The molecule has 0 saturated carbocycles. The Morgan fingerprint density at radius 2 is 1.54 bits per heavy atom. The monoisotopic (exact) mass is 327 g/mol. The molecule has 0 amide bonds. The largest absolute Gasteiger partial charge is 0.478 e. The van der Waals surface area contributed by atoms with Gasteiger partial charge in [0.05, 0.1) is 17.8 Å². The molecule has 1 heterocycles. The third-order valence-electron chi connectivity index (χ3n) is 4.46. The molecule has 0 spiro atoms. The fraction of sp³-hybridized carbons (Fsp3) is 0.316. The molecule has 3 N–H and O–H groups in total. The van der Waals surface area contributed by atoms with Crippen molar-refractivity contribution in [1.82, 2.24) is 4.90 Å². The molecule has 126 valence electrons. The van der Waals surface area contributed by atoms with Crippen LogP contribution in [0.4, 0.5) is 0 Å². The number of hydrogen-bond acceptors (Lipinski definition) is 4. The van der Waals surface area contributed by atoms with E-state index in [1.807, 2.05) is 24.3 Å². The number of nitrogens with zero attached hydrogens (tertiary/aromatic N) is 1. The topological polar surface area (TPSA) is 81.0 Å². The van der Waals surface area contributed by atoms with Crippen LogP contribution in [-0.4, -0.2) is 51.5 Å². The predicted octanol–water partition coefficient (Wildman–Crippen LogP) is 1.98. The number of rotatable bonds is 4. The van der Waals surface area contributed by atoms with Gasteiger partial charge in [-0.25, -0.2) is 4.79 Å². The SMILES string of the molecule is O=C(O)c1ccc(-c2ccc(CN3CCC(O)C(O)C3)cc2)cc1. The molecule has 5 nitrogen and oxygen atoms in total. The maximum absolute atomic E-state index is 10.9. The maximum atomic E-state index is 10.9. The van der Waals surface area contributed by atoms with Gasteiger partial charge in [-0.15, -0.1) is 0 Å². The van der Waals surface area contributed by atoms with Gasteiger partial charge in [0.2, 0.25) is 0 Å². The molecule has 24 heavy (non-hydrogen) atoms. The van der Waals surface area contributed by atoms with Crippen LogP contribution in [0.3, 0.4) is 0 Å². The van der Waals surface area contributed by atoms with Crippen LogP contribution in [0.1, 0.15) is 22.3 Å². The van der Waals surface area contributed by atoms with Gasteiger partial charge in [-0.05, 0) is 35.2 Å². The van der Waals surface area contributed by atoms with E-state index < -0.39 is 18.2 Å². The Bertz CT molecular complexity index is 696. The molecule has 1 aliphatic heterocycles. The van der Waals surface area contributed by atoms with E-state index in [-0.39, 0.29) is 5.56 Å². The summed E-state index contributed by atoms with van der Waals surface area (Å²) in [6, 6.07) is 14.9. The summed E-state index contributed by atoms with van der Waals surface area (Å²) in [6.07, 6.45) is -0.696. The van der Waals surface area contributed by atoms with Crippen molar-refractivity contribution >= 4 is 5.97 Å². The molecule has 1 saturated heterocycles. The maximum Gasteiger partial charge on any atom is 0.335 e. The first kappa shape index (κ1) is 16.6. The zero-order valence-corrected chi connectivity index (χ0v) is 13.3. The van der Waals surface area contributed by atoms with Crippen LogP contribution in [-0.2, 0) is 6.54 Å². The molecule has 0 bridgehead atoms. The van der Waals surface area contributed by atoms with Gasteiger partial charge in [0.25, 0.3) is 0 Å². The summed E-state index contributed by atoms with van der Waals surface area (Å²) in [7, 11) is 0. The number of aliphatic hydroxyl groups excluding tert-OH is 2. The van der Waals surface area contributed by atoms with Crippen molar-refractivity contribution in [3.8, 4) is 11.1 Å². The summed E-state index contributed by atoms with van der Waals surface area (Å²) in [6.45, 7) is 2.00. The summed E-state index contributed by atoms with van der Waals surface area (Å²) in [5.74, 6) is -0.925. The van der Waals surface area contributed by atoms with Crippen LogP contribution in [0.15, 0.2) is 48.5 Å². The number of carbonyl (C=O) groups is 1. The van der Waals surface area contributed by atoms with E-state index in [2.05, 4.69) is 4.90 Å². The minimum atomic E-state index is -0.925. The lowest BCUT2D eigenvalue weighted by atomic mass is 10.0. The van der Waals surface area contributed by atoms with Crippen LogP contribution in [0.2, 0.25) is 0 Å². The van der Waals surface area contributed by atoms with Gasteiger partial charge in [-0.3, -0.25) is 4.90 Å². The summed E-state index contributed by atoms with van der Waals surface area (Å²) >= 11 is 0. The Morgan fingerprint density at radius 1 is 0.958 bits per heavy atom. The number of piperidine rings is 1. The minimum absolute atomic E-state index is 0.279. The number of hydrogen-bond donors (Lipinski definition) is 3. The third kappa shape index (κ3) is 3.82. The number of β-amino-alcohol motifs (C(OH)–C–C–N with tert-alkyl or cyclic N) is 1. The highest BCUT2D eigenvalue weighted by molar-refractivity contribution is 5.88. The van der Waals surface area contributed by atoms with Crippen molar-refractivity contribution in [3.63, 3.8) is 0 Å². The van der Waals surface area contributed by atoms with Crippen LogP contribution in [0.25, 0.3) is 11.1 Å². The number of aromatic carboxylic acids is 1. The predicted molar refractivity (Wildman–Crippen MR) is 90.7 cm³/mol. The Labute approximate surface area is 140 Å². The van der Waals surface area contributed by atoms with Crippen molar-refractivity contribution < 1.29 is 20.1 Å². The standard InChI is InChI=1S/C19H21NO4/c21-17-9-10-20(12-18(17)22)11-13-1-3-14(4-2-13)15-5-7-16(8-6-15)19(23)24/h1-8,17-18,21-22H,9-12H2,(H,23,24). The second-order valence-corrected chi connectivity index (χ2v) is 6.24. The highest BCUT2D eigenvalue weighted by atomic mass is 16.4. The fourth-order valence-electron chi connectivity index (χ4n) is 2.99. The number of benzene rings is 2. The lowest BCUT2D eigenvalue weighted by Gasteiger charge is -2.33. The van der Waals surface area contributed by atoms with E-state index in [1.165, 1.54) is 0 Å². The van der Waals surface area contributed by atoms with Gasteiger partial charge in [-0.1, -0.05) is 36.4 Å². The third-order valence-corrected chi connectivity index (χ3v) is 4.46. The number of aliphatic hydroxyl groups is 2. The number of carboxylic acid groups (broad SMARTS) is 1. The first-order valence-corrected chi connectivity index (χ1v) is 8.04. The van der Waals surface area contributed by atoms with Gasteiger partial charge >= 0.3 is 5.97 Å². The van der Waals surface area contributed by atoms with Crippen molar-refractivity contribution in [2.45, 2.75) is 25.2 Å². The van der Waals surface area contributed by atoms with Gasteiger partial charge in [0, 0.05) is 19.6 Å². The smallest absolute Gasteiger partial charge is 0.335 e. The molecule has 1 fully saturated rings. The molecule has 0 aliphatic carbocycles. The first-order chi connectivity index (χ1) is 11.5. The van der Waals surface area contributed by atoms with Crippen molar-refractivity contribution in [3.05, 3.63) is 59.7 Å². The lowest BCUT2D eigenvalue weighted by Crippen LogP contribution is -2.46. The van der Waals surface area contributed by atoms with Gasteiger partial charge < -0.3 is 15.3 Å². The van der Waals surface area contributed by atoms with Crippen LogP contribution < -0.4 is 0 Å². The average Bonchev–Trinajstić information content (AvgIpc) is 2.59. The molecular weight excluding hydrogens is 306 g/mol. The molecule has 5 heteroatoms. The normalized spacial score (nSPS) is 21.6.